The second kappa shape index (κ2) is 10.3. The van der Waals surface area contributed by atoms with E-state index in [1.807, 2.05) is 20.8 Å². The van der Waals surface area contributed by atoms with Crippen molar-refractivity contribution in [2.24, 2.45) is 5.92 Å². The minimum absolute atomic E-state index is 0.00678. The fourth-order valence-corrected chi connectivity index (χ4v) is 3.95. The van der Waals surface area contributed by atoms with Crippen molar-refractivity contribution >= 4 is 27.5 Å². The van der Waals surface area contributed by atoms with E-state index in [0.717, 1.165) is 11.6 Å². The van der Waals surface area contributed by atoms with E-state index in [9.17, 15) is 28.1 Å². The van der Waals surface area contributed by atoms with Crippen LogP contribution >= 0.6 is 0 Å². The number of sulfonamides is 1. The van der Waals surface area contributed by atoms with Crippen molar-refractivity contribution in [3.8, 4) is 0 Å². The molecule has 0 saturated carbocycles. The van der Waals surface area contributed by atoms with Crippen LogP contribution in [0, 0.1) is 23.0 Å². The van der Waals surface area contributed by atoms with Crippen molar-refractivity contribution in [2.45, 2.75) is 38.1 Å². The summed E-state index contributed by atoms with van der Waals surface area (Å²) in [5.74, 6) is -1.57. The van der Waals surface area contributed by atoms with Gasteiger partial charge in [0.25, 0.3) is 5.69 Å². The molecule has 0 saturated heterocycles. The topological polar surface area (TPSA) is 133 Å². The van der Waals surface area contributed by atoms with Gasteiger partial charge >= 0.3 is 5.97 Å². The second-order valence-corrected chi connectivity index (χ2v) is 9.17. The maximum atomic E-state index is 12.7. The van der Waals surface area contributed by atoms with Crippen LogP contribution in [-0.4, -0.2) is 37.7 Å². The molecular weight excluding hydrogens is 424 g/mol. The molecule has 2 aromatic rings. The SMILES string of the molecule is Cc1ccc(S(=O)(=O)N[C@@H](CC(C)C)C(=O)OCC(=O)c2cccc([N+](=O)[O-])c2)cc1. The van der Waals surface area contributed by atoms with Crippen LogP contribution in [0.15, 0.2) is 53.4 Å². The van der Waals surface area contributed by atoms with E-state index < -0.39 is 39.3 Å². The number of ketones is 1. The number of hydrogen-bond donors (Lipinski definition) is 1. The Morgan fingerprint density at radius 3 is 2.35 bits per heavy atom. The highest BCUT2D eigenvalue weighted by Crippen LogP contribution is 2.16. The first-order valence-corrected chi connectivity index (χ1v) is 11.0. The molecule has 166 valence electrons. The predicted molar refractivity (Wildman–Crippen MR) is 113 cm³/mol. The molecule has 0 bridgehead atoms. The Kier molecular flexibility index (Phi) is 8.01. The Bertz CT molecular complexity index is 1060. The molecule has 0 aromatic heterocycles. The first kappa shape index (κ1) is 24.2. The molecule has 0 fully saturated rings. The van der Waals surface area contributed by atoms with Gasteiger partial charge in [0, 0.05) is 17.7 Å². The van der Waals surface area contributed by atoms with Crippen molar-refractivity contribution in [2.75, 3.05) is 6.61 Å². The summed E-state index contributed by atoms with van der Waals surface area (Å²) in [6.07, 6.45) is 0.162. The maximum Gasteiger partial charge on any atom is 0.324 e. The first-order chi connectivity index (χ1) is 14.5. The van der Waals surface area contributed by atoms with Crippen molar-refractivity contribution in [3.63, 3.8) is 0 Å². The molecule has 0 amide bonds. The van der Waals surface area contributed by atoms with Crippen LogP contribution in [-0.2, 0) is 19.6 Å². The van der Waals surface area contributed by atoms with E-state index in [1.165, 1.54) is 30.3 Å². The van der Waals surface area contributed by atoms with E-state index in [-0.39, 0.29) is 28.5 Å². The van der Waals surface area contributed by atoms with Gasteiger partial charge in [-0.2, -0.15) is 4.72 Å². The minimum Gasteiger partial charge on any atom is -0.456 e. The summed E-state index contributed by atoms with van der Waals surface area (Å²) in [5, 5.41) is 10.8. The summed E-state index contributed by atoms with van der Waals surface area (Å²) in [6.45, 7) is 4.78. The summed E-state index contributed by atoms with van der Waals surface area (Å²) >= 11 is 0. The standard InChI is InChI=1S/C21H24N2O7S/c1-14(2)11-19(22-31(28,29)18-9-7-15(3)8-10-18)21(25)30-13-20(24)16-5-4-6-17(12-16)23(26)27/h4-10,12,14,19,22H,11,13H2,1-3H3/t19-/m0/s1. The Morgan fingerprint density at radius 2 is 1.77 bits per heavy atom. The molecule has 0 heterocycles. The van der Waals surface area contributed by atoms with Gasteiger partial charge in [-0.15, -0.1) is 0 Å². The quantitative estimate of drug-likeness (QED) is 0.256. The molecule has 10 heteroatoms. The monoisotopic (exact) mass is 448 g/mol. The van der Waals surface area contributed by atoms with Crippen LogP contribution < -0.4 is 4.72 Å². The smallest absolute Gasteiger partial charge is 0.324 e. The zero-order valence-electron chi connectivity index (χ0n) is 17.4. The Balaban J connectivity index is 2.10. The molecule has 2 rings (SSSR count). The third kappa shape index (κ3) is 6.97. The second-order valence-electron chi connectivity index (χ2n) is 7.45. The highest BCUT2D eigenvalue weighted by Gasteiger charge is 2.28. The number of carbonyl (C=O) groups is 2. The number of nitrogens with zero attached hydrogens (tertiary/aromatic N) is 1. The Morgan fingerprint density at radius 1 is 1.13 bits per heavy atom. The fourth-order valence-electron chi connectivity index (χ4n) is 2.75. The normalized spacial score (nSPS) is 12.4. The van der Waals surface area contributed by atoms with Gasteiger partial charge in [-0.05, 0) is 31.4 Å². The molecule has 31 heavy (non-hydrogen) atoms. The number of non-ortho nitro benzene ring substituents is 1. The number of Topliss-reactive ketones (excluding diaryl/α,β-unsaturated/α-hetero) is 1. The molecular formula is C21H24N2O7S. The Labute approximate surface area is 180 Å². The van der Waals surface area contributed by atoms with E-state index in [0.29, 0.717) is 0 Å². The highest BCUT2D eigenvalue weighted by atomic mass is 32.2. The number of esters is 1. The molecule has 0 radical (unpaired) electrons. The molecule has 9 nitrogen and oxygen atoms in total. The largest absolute Gasteiger partial charge is 0.456 e. The van der Waals surface area contributed by atoms with Crippen LogP contribution in [0.25, 0.3) is 0 Å². The van der Waals surface area contributed by atoms with Crippen molar-refractivity contribution in [1.82, 2.24) is 4.72 Å². The zero-order valence-corrected chi connectivity index (χ0v) is 18.2. The lowest BCUT2D eigenvalue weighted by Crippen LogP contribution is -2.43. The third-order valence-corrected chi connectivity index (χ3v) is 5.83. The molecule has 0 spiro atoms. The Hall–Kier alpha value is -3.11. The highest BCUT2D eigenvalue weighted by molar-refractivity contribution is 7.89. The molecule has 1 N–H and O–H groups in total. The lowest BCUT2D eigenvalue weighted by atomic mass is 10.0. The van der Waals surface area contributed by atoms with E-state index in [1.54, 1.807) is 12.1 Å². The lowest BCUT2D eigenvalue weighted by molar-refractivity contribution is -0.384. The zero-order chi connectivity index (χ0) is 23.2. The number of nitro groups is 1. The fraction of sp³-hybridized carbons (Fsp3) is 0.333. The van der Waals surface area contributed by atoms with E-state index in [4.69, 9.17) is 4.74 Å². The maximum absolute atomic E-state index is 12.7. The third-order valence-electron chi connectivity index (χ3n) is 4.34. The average molecular weight is 448 g/mol. The number of ether oxygens (including phenoxy) is 1. The van der Waals surface area contributed by atoms with Crippen molar-refractivity contribution in [3.05, 3.63) is 69.8 Å². The first-order valence-electron chi connectivity index (χ1n) is 9.53. The predicted octanol–water partition coefficient (Wildman–Crippen LogP) is 3.02. The molecule has 0 aliphatic heterocycles. The lowest BCUT2D eigenvalue weighted by Gasteiger charge is -2.19. The number of hydrogen-bond acceptors (Lipinski definition) is 7. The van der Waals surface area contributed by atoms with Gasteiger partial charge < -0.3 is 4.74 Å². The van der Waals surface area contributed by atoms with Crippen molar-refractivity contribution in [1.29, 1.82) is 0 Å². The van der Waals surface area contributed by atoms with Crippen LogP contribution in [0.3, 0.4) is 0 Å². The van der Waals surface area contributed by atoms with Gasteiger partial charge in [0.1, 0.15) is 6.04 Å². The summed E-state index contributed by atoms with van der Waals surface area (Å²) in [7, 11) is -3.98. The summed E-state index contributed by atoms with van der Waals surface area (Å²) < 4.78 is 32.7. The number of aryl methyl sites for hydroxylation is 1. The minimum atomic E-state index is -3.98. The van der Waals surface area contributed by atoms with Gasteiger partial charge in [0.05, 0.1) is 9.82 Å². The number of nitrogens with one attached hydrogen (secondary N) is 1. The molecule has 2 aromatic carbocycles. The van der Waals surface area contributed by atoms with Crippen LogP contribution in [0.5, 0.6) is 0 Å². The number of rotatable bonds is 10. The van der Waals surface area contributed by atoms with Gasteiger partial charge in [-0.1, -0.05) is 43.7 Å². The summed E-state index contributed by atoms with van der Waals surface area (Å²) in [5.41, 5.74) is 0.639. The average Bonchev–Trinajstić information content (AvgIpc) is 2.71. The summed E-state index contributed by atoms with van der Waals surface area (Å²) in [6, 6.07) is 10.00. The van der Waals surface area contributed by atoms with Crippen molar-refractivity contribution < 1.29 is 27.7 Å². The van der Waals surface area contributed by atoms with Crippen LogP contribution in [0.4, 0.5) is 5.69 Å². The van der Waals surface area contributed by atoms with E-state index >= 15 is 0 Å². The molecule has 0 unspecified atom stereocenters. The molecule has 1 atom stereocenters. The molecule has 0 aliphatic carbocycles. The van der Waals surface area contributed by atoms with Gasteiger partial charge in [0.15, 0.2) is 6.61 Å². The van der Waals surface area contributed by atoms with Gasteiger partial charge in [-0.25, -0.2) is 8.42 Å². The number of carbonyl (C=O) groups excluding carboxylic acids is 2. The van der Waals surface area contributed by atoms with Gasteiger partial charge in [-0.3, -0.25) is 19.7 Å². The summed E-state index contributed by atoms with van der Waals surface area (Å²) in [4.78, 5) is 35.0. The van der Waals surface area contributed by atoms with Crippen LogP contribution in [0.1, 0.15) is 36.2 Å². The molecule has 0 aliphatic rings. The van der Waals surface area contributed by atoms with Gasteiger partial charge in [0.2, 0.25) is 15.8 Å². The number of nitro benzene ring substituents is 1. The number of benzene rings is 2. The van der Waals surface area contributed by atoms with Crippen LogP contribution in [0.2, 0.25) is 0 Å². The van der Waals surface area contributed by atoms with E-state index in [2.05, 4.69) is 4.72 Å².